The Bertz CT molecular complexity index is 1280. The van der Waals surface area contributed by atoms with E-state index in [1.807, 2.05) is 0 Å². The molecule has 0 saturated heterocycles. The number of benzene rings is 2. The number of nitrogens with one attached hydrogen (secondary N) is 2. The van der Waals surface area contributed by atoms with Crippen molar-refractivity contribution in [3.63, 3.8) is 0 Å². The molecule has 0 aliphatic rings. The van der Waals surface area contributed by atoms with E-state index in [0.717, 1.165) is 24.4 Å². The number of H-pyrrole nitrogens is 1. The standard InChI is InChI=1S/C19H15F3N2O5S/c1-2-29-18(26)15-10-23-16-7-6-13(9-14(16)17(15)25)30(27,28)24-12-5-3-4-11(8-12)19(20,21)22/h3-10,24H,2H2,1H3,(H,23,25). The van der Waals surface area contributed by atoms with E-state index in [0.29, 0.717) is 6.07 Å². The number of esters is 1. The monoisotopic (exact) mass is 440 g/mol. The Balaban J connectivity index is 2.02. The predicted octanol–water partition coefficient (Wildman–Crippen LogP) is 3.52. The maximum Gasteiger partial charge on any atom is 0.416 e. The zero-order valence-electron chi connectivity index (χ0n) is 15.4. The Morgan fingerprint density at radius 1 is 1.17 bits per heavy atom. The number of alkyl halides is 3. The average Bonchev–Trinajstić information content (AvgIpc) is 2.67. The minimum Gasteiger partial charge on any atom is -0.462 e. The fourth-order valence-corrected chi connectivity index (χ4v) is 3.77. The highest BCUT2D eigenvalue weighted by Gasteiger charge is 2.30. The van der Waals surface area contributed by atoms with Crippen LogP contribution in [-0.4, -0.2) is 26.0 Å². The number of hydrogen-bond donors (Lipinski definition) is 2. The second-order valence-electron chi connectivity index (χ2n) is 6.14. The van der Waals surface area contributed by atoms with Gasteiger partial charge in [-0.1, -0.05) is 6.07 Å². The lowest BCUT2D eigenvalue weighted by molar-refractivity contribution is -0.137. The molecule has 2 N–H and O–H groups in total. The number of hydrogen-bond acceptors (Lipinski definition) is 5. The van der Waals surface area contributed by atoms with Gasteiger partial charge in [0.05, 0.1) is 17.1 Å². The molecule has 3 rings (SSSR count). The van der Waals surface area contributed by atoms with Crippen LogP contribution in [0, 0.1) is 0 Å². The van der Waals surface area contributed by atoms with Crippen LogP contribution in [0.3, 0.4) is 0 Å². The van der Waals surface area contributed by atoms with Crippen LogP contribution >= 0.6 is 0 Å². The van der Waals surface area contributed by atoms with E-state index < -0.39 is 33.2 Å². The van der Waals surface area contributed by atoms with E-state index >= 15 is 0 Å². The van der Waals surface area contributed by atoms with Gasteiger partial charge in [-0.2, -0.15) is 13.2 Å². The van der Waals surface area contributed by atoms with Crippen molar-refractivity contribution in [2.45, 2.75) is 18.0 Å². The summed E-state index contributed by atoms with van der Waals surface area (Å²) >= 11 is 0. The number of anilines is 1. The van der Waals surface area contributed by atoms with E-state index in [1.54, 1.807) is 6.92 Å². The lowest BCUT2D eigenvalue weighted by Crippen LogP contribution is -2.19. The fourth-order valence-electron chi connectivity index (χ4n) is 2.70. The second-order valence-corrected chi connectivity index (χ2v) is 7.83. The quantitative estimate of drug-likeness (QED) is 0.591. The summed E-state index contributed by atoms with van der Waals surface area (Å²) in [5.74, 6) is -0.865. The molecule has 0 aliphatic carbocycles. The number of halogens is 3. The maximum absolute atomic E-state index is 12.8. The first-order chi connectivity index (χ1) is 14.0. The molecule has 0 radical (unpaired) electrons. The largest absolute Gasteiger partial charge is 0.462 e. The zero-order chi connectivity index (χ0) is 22.1. The molecule has 0 bridgehead atoms. The van der Waals surface area contributed by atoms with Crippen molar-refractivity contribution >= 4 is 32.6 Å². The van der Waals surface area contributed by atoms with Crippen molar-refractivity contribution in [1.82, 2.24) is 4.98 Å². The molecule has 0 spiro atoms. The number of ether oxygens (including phenoxy) is 1. The molecule has 1 aromatic heterocycles. The summed E-state index contributed by atoms with van der Waals surface area (Å²) in [6, 6.07) is 7.23. The summed E-state index contributed by atoms with van der Waals surface area (Å²) in [5.41, 5.74) is -2.08. The first-order valence-corrected chi connectivity index (χ1v) is 10.0. The Morgan fingerprint density at radius 3 is 2.57 bits per heavy atom. The lowest BCUT2D eigenvalue weighted by atomic mass is 10.1. The Morgan fingerprint density at radius 2 is 1.90 bits per heavy atom. The van der Waals surface area contributed by atoms with Crippen molar-refractivity contribution in [3.05, 3.63) is 70.0 Å². The van der Waals surface area contributed by atoms with Crippen LogP contribution in [0.4, 0.5) is 18.9 Å². The molecule has 3 aromatic rings. The molecule has 0 fully saturated rings. The summed E-state index contributed by atoms with van der Waals surface area (Å²) in [5, 5.41) is -0.0903. The normalized spacial score (nSPS) is 12.0. The summed E-state index contributed by atoms with van der Waals surface area (Å²) in [6.07, 6.45) is -3.47. The van der Waals surface area contributed by atoms with Crippen LogP contribution in [0.2, 0.25) is 0 Å². The van der Waals surface area contributed by atoms with Crippen molar-refractivity contribution in [3.8, 4) is 0 Å². The molecule has 30 heavy (non-hydrogen) atoms. The van der Waals surface area contributed by atoms with Crippen molar-refractivity contribution in [1.29, 1.82) is 0 Å². The molecule has 2 aromatic carbocycles. The number of fused-ring (bicyclic) bond motifs is 1. The summed E-state index contributed by atoms with van der Waals surface area (Å²) in [4.78, 5) is 26.8. The zero-order valence-corrected chi connectivity index (χ0v) is 16.2. The Hall–Kier alpha value is -3.34. The molecule has 0 unspecified atom stereocenters. The lowest BCUT2D eigenvalue weighted by Gasteiger charge is -2.12. The third kappa shape index (κ3) is 4.30. The summed E-state index contributed by atoms with van der Waals surface area (Å²) in [6.45, 7) is 1.61. The molecule has 1 heterocycles. The topological polar surface area (TPSA) is 105 Å². The van der Waals surface area contributed by atoms with Crippen molar-refractivity contribution < 1.29 is 31.1 Å². The SMILES string of the molecule is CCOC(=O)c1c[nH]c2ccc(S(=O)(=O)Nc3cccc(C(F)(F)F)c3)cc2c1=O. The Kier molecular flexibility index (Phi) is 5.57. The molecule has 0 aliphatic heterocycles. The van der Waals surface area contributed by atoms with E-state index in [4.69, 9.17) is 4.74 Å². The number of carbonyl (C=O) groups excluding carboxylic acids is 1. The van der Waals surface area contributed by atoms with Crippen LogP contribution in [0.5, 0.6) is 0 Å². The van der Waals surface area contributed by atoms with Gasteiger partial charge in [0.2, 0.25) is 5.43 Å². The molecular weight excluding hydrogens is 425 g/mol. The van der Waals surface area contributed by atoms with Gasteiger partial charge in [0.25, 0.3) is 10.0 Å². The smallest absolute Gasteiger partial charge is 0.416 e. The molecule has 7 nitrogen and oxygen atoms in total. The first kappa shape index (κ1) is 21.4. The van der Waals surface area contributed by atoms with Gasteiger partial charge >= 0.3 is 12.1 Å². The third-order valence-corrected chi connectivity index (χ3v) is 5.48. The average molecular weight is 440 g/mol. The van der Waals surface area contributed by atoms with Crippen LogP contribution in [-0.2, 0) is 20.9 Å². The van der Waals surface area contributed by atoms with Gasteiger partial charge in [-0.05, 0) is 43.3 Å². The molecule has 0 saturated carbocycles. The van der Waals surface area contributed by atoms with E-state index in [-0.39, 0.29) is 33.7 Å². The molecule has 11 heteroatoms. The third-order valence-electron chi connectivity index (χ3n) is 4.10. The highest BCUT2D eigenvalue weighted by molar-refractivity contribution is 7.92. The minimum absolute atomic E-state index is 0.0473. The second kappa shape index (κ2) is 7.82. The van der Waals surface area contributed by atoms with Gasteiger partial charge in [-0.3, -0.25) is 9.52 Å². The fraction of sp³-hybridized carbons (Fsp3) is 0.158. The minimum atomic E-state index is -4.64. The number of aromatic amines is 1. The van der Waals surface area contributed by atoms with Crippen LogP contribution < -0.4 is 10.2 Å². The molecule has 0 atom stereocenters. The molecule has 158 valence electrons. The maximum atomic E-state index is 12.8. The predicted molar refractivity (Wildman–Crippen MR) is 103 cm³/mol. The van der Waals surface area contributed by atoms with Crippen LogP contribution in [0.25, 0.3) is 10.9 Å². The number of carbonyl (C=O) groups is 1. The van der Waals surface area contributed by atoms with Gasteiger partial charge in [0.15, 0.2) is 0 Å². The number of aromatic nitrogens is 1. The van der Waals surface area contributed by atoms with Gasteiger partial charge in [-0.15, -0.1) is 0 Å². The summed E-state index contributed by atoms with van der Waals surface area (Å²) in [7, 11) is -4.31. The summed E-state index contributed by atoms with van der Waals surface area (Å²) < 4.78 is 70.7. The van der Waals surface area contributed by atoms with Crippen LogP contribution in [0.1, 0.15) is 22.8 Å². The highest BCUT2D eigenvalue weighted by Crippen LogP contribution is 2.31. The van der Waals surface area contributed by atoms with Gasteiger partial charge < -0.3 is 9.72 Å². The van der Waals surface area contributed by atoms with Gasteiger partial charge in [0.1, 0.15) is 5.56 Å². The Labute approximate surface area is 168 Å². The molecule has 0 amide bonds. The highest BCUT2D eigenvalue weighted by atomic mass is 32.2. The number of rotatable bonds is 5. The molecular formula is C19H15F3N2O5S. The number of pyridine rings is 1. The van der Waals surface area contributed by atoms with Crippen molar-refractivity contribution in [2.75, 3.05) is 11.3 Å². The van der Waals surface area contributed by atoms with Gasteiger partial charge in [0, 0.05) is 22.8 Å². The van der Waals surface area contributed by atoms with Crippen LogP contribution in [0.15, 0.2) is 58.4 Å². The van der Waals surface area contributed by atoms with E-state index in [1.165, 1.54) is 18.2 Å². The van der Waals surface area contributed by atoms with E-state index in [9.17, 15) is 31.2 Å². The van der Waals surface area contributed by atoms with E-state index in [2.05, 4.69) is 9.71 Å². The number of sulfonamides is 1. The first-order valence-electron chi connectivity index (χ1n) is 8.55. The van der Waals surface area contributed by atoms with Crippen molar-refractivity contribution in [2.24, 2.45) is 0 Å². The van der Waals surface area contributed by atoms with Gasteiger partial charge in [-0.25, -0.2) is 13.2 Å².